The highest BCUT2D eigenvalue weighted by Crippen LogP contribution is 2.26. The summed E-state index contributed by atoms with van der Waals surface area (Å²) in [4.78, 5) is 42.1. The van der Waals surface area contributed by atoms with Gasteiger partial charge >= 0.3 is 0 Å². The molecule has 0 spiro atoms. The van der Waals surface area contributed by atoms with Crippen molar-refractivity contribution >= 4 is 40.8 Å². The molecule has 0 bridgehead atoms. The van der Waals surface area contributed by atoms with Crippen molar-refractivity contribution in [1.29, 1.82) is 0 Å². The quantitative estimate of drug-likeness (QED) is 0.432. The predicted molar refractivity (Wildman–Crippen MR) is 133 cm³/mol. The molecular weight excluding hydrogens is 452 g/mol. The fourth-order valence-electron chi connectivity index (χ4n) is 3.87. The average Bonchev–Trinajstić information content (AvgIpc) is 3.61. The van der Waals surface area contributed by atoms with E-state index >= 15 is 0 Å². The van der Waals surface area contributed by atoms with Gasteiger partial charge < -0.3 is 20.4 Å². The number of aliphatic imine (C=N–C) groups is 2. The second-order valence-electron chi connectivity index (χ2n) is 8.28. The minimum atomic E-state index is -0.407. The number of hydrogen-bond donors (Lipinski definition) is 3. The van der Waals surface area contributed by atoms with Crippen molar-refractivity contribution in [3.63, 3.8) is 0 Å². The molecule has 176 valence electrons. The van der Waals surface area contributed by atoms with Gasteiger partial charge in [0.15, 0.2) is 0 Å². The Morgan fingerprint density at radius 2 is 1.97 bits per heavy atom. The summed E-state index contributed by atoms with van der Waals surface area (Å²) in [6.07, 6.45) is 9.42. The molecule has 3 fully saturated rings. The summed E-state index contributed by atoms with van der Waals surface area (Å²) in [7, 11) is 1.66. The Bertz CT molecular complexity index is 1130. The highest BCUT2D eigenvalue weighted by atomic mass is 32.2. The Labute approximate surface area is 202 Å². The van der Waals surface area contributed by atoms with Crippen molar-refractivity contribution in [3.05, 3.63) is 58.7 Å². The van der Waals surface area contributed by atoms with Gasteiger partial charge in [0.05, 0.1) is 4.91 Å². The summed E-state index contributed by atoms with van der Waals surface area (Å²) in [5, 5.41) is 8.78. The van der Waals surface area contributed by atoms with E-state index in [1.165, 1.54) is 0 Å². The zero-order valence-electron chi connectivity index (χ0n) is 18.8. The van der Waals surface area contributed by atoms with Gasteiger partial charge in [-0.25, -0.2) is 9.98 Å². The van der Waals surface area contributed by atoms with E-state index < -0.39 is 5.91 Å². The molecule has 3 N–H and O–H groups in total. The maximum Gasteiger partial charge on any atom is 0.290 e. The van der Waals surface area contributed by atoms with Gasteiger partial charge in [0.25, 0.3) is 11.1 Å². The van der Waals surface area contributed by atoms with Gasteiger partial charge in [0.1, 0.15) is 23.3 Å². The van der Waals surface area contributed by atoms with Crippen molar-refractivity contribution in [2.24, 2.45) is 9.98 Å². The van der Waals surface area contributed by atoms with E-state index in [4.69, 9.17) is 4.99 Å². The van der Waals surface area contributed by atoms with Crippen molar-refractivity contribution in [2.45, 2.75) is 18.9 Å². The molecule has 3 aliphatic heterocycles. The van der Waals surface area contributed by atoms with Crippen LogP contribution in [0.3, 0.4) is 0 Å². The van der Waals surface area contributed by atoms with Crippen LogP contribution in [0.5, 0.6) is 0 Å². The third kappa shape index (κ3) is 5.14. The highest BCUT2D eigenvalue weighted by molar-refractivity contribution is 8.18. The van der Waals surface area contributed by atoms with E-state index in [1.807, 2.05) is 30.5 Å². The first-order chi connectivity index (χ1) is 16.6. The molecule has 1 saturated carbocycles. The Kier molecular flexibility index (Phi) is 6.35. The van der Waals surface area contributed by atoms with Crippen LogP contribution in [0.15, 0.2) is 68.7 Å². The van der Waals surface area contributed by atoms with E-state index in [0.717, 1.165) is 68.3 Å². The van der Waals surface area contributed by atoms with Gasteiger partial charge in [0.2, 0.25) is 0 Å². The number of nitrogens with one attached hydrogen (secondary N) is 3. The molecule has 10 nitrogen and oxygen atoms in total. The lowest BCUT2D eigenvalue weighted by Gasteiger charge is -2.37. The first-order valence-electron chi connectivity index (χ1n) is 11.3. The normalized spacial score (nSPS) is 23.6. The van der Waals surface area contributed by atoms with Crippen LogP contribution in [-0.2, 0) is 4.79 Å². The van der Waals surface area contributed by atoms with E-state index in [2.05, 4.69) is 35.7 Å². The summed E-state index contributed by atoms with van der Waals surface area (Å²) < 4.78 is 0. The number of pyridine rings is 1. The molecule has 5 rings (SSSR count). The molecule has 4 heterocycles. The number of piperazine rings is 1. The average molecular weight is 479 g/mol. The van der Waals surface area contributed by atoms with Crippen LogP contribution in [0.4, 0.5) is 10.6 Å². The lowest BCUT2D eigenvalue weighted by molar-refractivity contribution is -0.115. The number of thioether (sulfide) groups is 1. The summed E-state index contributed by atoms with van der Waals surface area (Å²) in [6, 6.07) is 6.41. The number of carbonyl (C=O) groups excluding carboxylic acids is 2. The molecule has 2 saturated heterocycles. The van der Waals surface area contributed by atoms with Crippen LogP contribution < -0.4 is 20.9 Å². The van der Waals surface area contributed by atoms with Crippen molar-refractivity contribution in [3.8, 4) is 0 Å². The molecule has 0 unspecified atom stereocenters. The molecule has 0 radical (unpaired) electrons. The van der Waals surface area contributed by atoms with E-state index in [-0.39, 0.29) is 5.24 Å². The van der Waals surface area contributed by atoms with Crippen LogP contribution in [0.2, 0.25) is 0 Å². The minimum absolute atomic E-state index is 0.321. The second kappa shape index (κ2) is 9.72. The summed E-state index contributed by atoms with van der Waals surface area (Å²) >= 11 is 0.878. The van der Waals surface area contributed by atoms with Gasteiger partial charge in [-0.1, -0.05) is 6.07 Å². The van der Waals surface area contributed by atoms with Crippen molar-refractivity contribution < 1.29 is 9.59 Å². The fourth-order valence-corrected chi connectivity index (χ4v) is 4.54. The lowest BCUT2D eigenvalue weighted by atomic mass is 10.2. The number of rotatable bonds is 5. The zero-order chi connectivity index (χ0) is 23.5. The Morgan fingerprint density at radius 3 is 2.62 bits per heavy atom. The first-order valence-corrected chi connectivity index (χ1v) is 12.1. The molecule has 0 aromatic carbocycles. The van der Waals surface area contributed by atoms with Crippen LogP contribution in [0.25, 0.3) is 0 Å². The maximum atomic E-state index is 12.1. The summed E-state index contributed by atoms with van der Waals surface area (Å²) in [6.45, 7) is 3.30. The van der Waals surface area contributed by atoms with Gasteiger partial charge in [0, 0.05) is 63.3 Å². The number of anilines is 1. The molecule has 2 amide bonds. The molecule has 1 aliphatic carbocycles. The molecule has 34 heavy (non-hydrogen) atoms. The van der Waals surface area contributed by atoms with Crippen molar-refractivity contribution in [2.75, 3.05) is 38.1 Å². The number of aromatic nitrogens is 1. The van der Waals surface area contributed by atoms with Crippen LogP contribution in [0.1, 0.15) is 12.8 Å². The monoisotopic (exact) mass is 478 g/mol. The van der Waals surface area contributed by atoms with Crippen molar-refractivity contribution in [1.82, 2.24) is 25.8 Å². The largest absolute Gasteiger partial charge is 0.369 e. The smallest absolute Gasteiger partial charge is 0.290 e. The van der Waals surface area contributed by atoms with Gasteiger partial charge in [-0.15, -0.1) is 0 Å². The van der Waals surface area contributed by atoms with Gasteiger partial charge in [-0.05, 0) is 42.8 Å². The molecule has 1 aromatic heterocycles. The summed E-state index contributed by atoms with van der Waals surface area (Å²) in [5.74, 6) is 2.87. The number of amides is 2. The third-order valence-corrected chi connectivity index (χ3v) is 6.55. The number of imide groups is 1. The topological polar surface area (TPSA) is 114 Å². The Hall–Kier alpha value is -3.60. The Balaban J connectivity index is 1.42. The molecule has 0 atom stereocenters. The molecular formula is C23H26N8O2S. The second-order valence-corrected chi connectivity index (χ2v) is 9.29. The predicted octanol–water partition coefficient (Wildman–Crippen LogP) is 1.58. The number of amidine groups is 1. The van der Waals surface area contributed by atoms with E-state index in [1.54, 1.807) is 19.3 Å². The lowest BCUT2D eigenvalue weighted by Crippen LogP contribution is -2.49. The first kappa shape index (κ1) is 22.2. The molecule has 4 aliphatic rings. The SMILES string of the molecule is C\N=C/C(/C=C1\SC(=O)NC1=O)=C1/N=C(N2CCN(c3ccccn3)CC2)C=C(NC2CC2)N1. The number of hydrogen-bond acceptors (Lipinski definition) is 10. The van der Waals surface area contributed by atoms with E-state index in [9.17, 15) is 9.59 Å². The Morgan fingerprint density at radius 1 is 1.18 bits per heavy atom. The molecule has 1 aromatic rings. The van der Waals surface area contributed by atoms with Crippen LogP contribution in [-0.4, -0.2) is 72.3 Å². The minimum Gasteiger partial charge on any atom is -0.369 e. The number of nitrogens with zero attached hydrogens (tertiary/aromatic N) is 5. The highest BCUT2D eigenvalue weighted by Gasteiger charge is 2.28. The van der Waals surface area contributed by atoms with E-state index in [0.29, 0.717) is 22.3 Å². The van der Waals surface area contributed by atoms with Crippen LogP contribution in [0, 0.1) is 0 Å². The standard InChI is InChI=1S/C23H26N8O2S/c1-24-14-15(12-17-22(32)29-23(33)34-17)21-27-18(26-16-5-6-16)13-20(28-21)31-10-8-30(9-11-31)19-4-2-3-7-25-19/h2-4,7,12-14,16,26-27H,5-6,8-11H2,1H3,(H,29,32,33)/b17-12-,21-15+,24-14-. The zero-order valence-corrected chi connectivity index (χ0v) is 19.6. The van der Waals surface area contributed by atoms with Gasteiger partial charge in [-0.2, -0.15) is 0 Å². The van der Waals surface area contributed by atoms with Gasteiger partial charge in [-0.3, -0.25) is 19.9 Å². The number of allylic oxidation sites excluding steroid dienone is 2. The molecule has 11 heteroatoms. The maximum absolute atomic E-state index is 12.1. The number of carbonyl (C=O) groups is 2. The van der Waals surface area contributed by atoms with Crippen LogP contribution >= 0.6 is 11.8 Å². The fraction of sp³-hybridized carbons (Fsp3) is 0.348. The third-order valence-electron chi connectivity index (χ3n) is 5.74. The summed E-state index contributed by atoms with van der Waals surface area (Å²) in [5.41, 5.74) is 0.627.